The van der Waals surface area contributed by atoms with Crippen molar-refractivity contribution in [1.82, 2.24) is 20.2 Å². The van der Waals surface area contributed by atoms with Crippen LogP contribution in [0.15, 0.2) is 46.5 Å². The molecule has 8 nitrogen and oxygen atoms in total. The number of ether oxygens (including phenoxy) is 1. The van der Waals surface area contributed by atoms with E-state index in [1.165, 1.54) is 11.8 Å². The SMILES string of the molecule is Cc1cc(Nc2cc(Cl)nc(Sc3ccc(NC(=O)OC(C)(C)C)cc3)n2)[nH]n1. The van der Waals surface area contributed by atoms with E-state index < -0.39 is 11.7 Å². The normalized spacial score (nSPS) is 11.2. The Morgan fingerprint density at radius 2 is 1.90 bits per heavy atom. The first-order valence-electron chi connectivity index (χ1n) is 8.78. The maximum absolute atomic E-state index is 11.8. The molecule has 2 aromatic heterocycles. The molecule has 0 aliphatic carbocycles. The Kier molecular flexibility index (Phi) is 6.29. The molecule has 0 spiro atoms. The summed E-state index contributed by atoms with van der Waals surface area (Å²) in [7, 11) is 0. The van der Waals surface area contributed by atoms with E-state index in [0.29, 0.717) is 27.6 Å². The average Bonchev–Trinajstić information content (AvgIpc) is 2.99. The van der Waals surface area contributed by atoms with Gasteiger partial charge in [-0.15, -0.1) is 0 Å². The molecule has 1 aromatic carbocycles. The zero-order valence-electron chi connectivity index (χ0n) is 16.4. The van der Waals surface area contributed by atoms with E-state index in [4.69, 9.17) is 16.3 Å². The van der Waals surface area contributed by atoms with E-state index in [0.717, 1.165) is 10.6 Å². The summed E-state index contributed by atoms with van der Waals surface area (Å²) in [5.41, 5.74) is 0.944. The van der Waals surface area contributed by atoms with Gasteiger partial charge in [0, 0.05) is 22.7 Å². The minimum atomic E-state index is -0.551. The third kappa shape index (κ3) is 6.65. The second-order valence-corrected chi connectivity index (χ2v) is 8.59. The number of carbonyl (C=O) groups excluding carboxylic acids is 1. The van der Waals surface area contributed by atoms with Crippen molar-refractivity contribution in [2.75, 3.05) is 10.6 Å². The van der Waals surface area contributed by atoms with Crippen molar-refractivity contribution in [1.29, 1.82) is 0 Å². The predicted molar refractivity (Wildman–Crippen MR) is 114 cm³/mol. The number of aromatic nitrogens is 4. The van der Waals surface area contributed by atoms with E-state index in [1.807, 2.05) is 45.9 Å². The highest BCUT2D eigenvalue weighted by atomic mass is 35.5. The summed E-state index contributed by atoms with van der Waals surface area (Å²) in [6, 6.07) is 10.8. The Morgan fingerprint density at radius 1 is 1.17 bits per heavy atom. The van der Waals surface area contributed by atoms with Gasteiger partial charge in [-0.25, -0.2) is 14.8 Å². The number of aromatic amines is 1. The van der Waals surface area contributed by atoms with Crippen molar-refractivity contribution in [2.45, 2.75) is 43.3 Å². The number of H-pyrrole nitrogens is 1. The lowest BCUT2D eigenvalue weighted by Gasteiger charge is -2.19. The lowest BCUT2D eigenvalue weighted by Crippen LogP contribution is -2.27. The van der Waals surface area contributed by atoms with Crippen LogP contribution in [0.4, 0.5) is 22.1 Å². The molecular formula is C19H21ClN6O2S. The third-order valence-corrected chi connectivity index (χ3v) is 4.42. The Hall–Kier alpha value is -2.78. The number of nitrogens with zero attached hydrogens (tertiary/aromatic N) is 3. The molecule has 2 heterocycles. The Bertz CT molecular complexity index is 1000. The molecule has 0 aliphatic rings. The first kappa shape index (κ1) is 20.9. The van der Waals surface area contributed by atoms with Crippen molar-refractivity contribution in [3.05, 3.63) is 47.2 Å². The minimum Gasteiger partial charge on any atom is -0.444 e. The second-order valence-electron chi connectivity index (χ2n) is 7.16. The van der Waals surface area contributed by atoms with E-state index >= 15 is 0 Å². The Balaban J connectivity index is 1.66. The summed E-state index contributed by atoms with van der Waals surface area (Å²) >= 11 is 7.48. The van der Waals surface area contributed by atoms with Gasteiger partial charge in [0.15, 0.2) is 5.16 Å². The van der Waals surface area contributed by atoms with Crippen LogP contribution in [0, 0.1) is 6.92 Å². The molecule has 1 amide bonds. The van der Waals surface area contributed by atoms with Crippen LogP contribution in [0.25, 0.3) is 0 Å². The maximum Gasteiger partial charge on any atom is 0.412 e. The molecule has 152 valence electrons. The molecule has 0 saturated heterocycles. The summed E-state index contributed by atoms with van der Waals surface area (Å²) in [6.07, 6.45) is -0.499. The summed E-state index contributed by atoms with van der Waals surface area (Å²) in [5.74, 6) is 1.27. The van der Waals surface area contributed by atoms with Gasteiger partial charge < -0.3 is 10.1 Å². The van der Waals surface area contributed by atoms with Crippen LogP contribution in [0.5, 0.6) is 0 Å². The van der Waals surface area contributed by atoms with E-state index in [2.05, 4.69) is 30.8 Å². The van der Waals surface area contributed by atoms with Crippen LogP contribution in [-0.2, 0) is 4.74 Å². The van der Waals surface area contributed by atoms with Gasteiger partial charge in [0.05, 0.1) is 5.69 Å². The van der Waals surface area contributed by atoms with Crippen LogP contribution >= 0.6 is 23.4 Å². The van der Waals surface area contributed by atoms with Crippen molar-refractivity contribution in [3.63, 3.8) is 0 Å². The largest absolute Gasteiger partial charge is 0.444 e. The number of benzene rings is 1. The van der Waals surface area contributed by atoms with Gasteiger partial charge in [-0.1, -0.05) is 11.6 Å². The first-order valence-corrected chi connectivity index (χ1v) is 9.97. The fourth-order valence-electron chi connectivity index (χ4n) is 2.26. The third-order valence-electron chi connectivity index (χ3n) is 3.35. The smallest absolute Gasteiger partial charge is 0.412 e. The van der Waals surface area contributed by atoms with Crippen LogP contribution < -0.4 is 10.6 Å². The monoisotopic (exact) mass is 432 g/mol. The molecular weight excluding hydrogens is 412 g/mol. The summed E-state index contributed by atoms with van der Waals surface area (Å²) in [6.45, 7) is 7.33. The van der Waals surface area contributed by atoms with E-state index in [9.17, 15) is 4.79 Å². The van der Waals surface area contributed by atoms with Crippen LogP contribution in [-0.4, -0.2) is 31.9 Å². The van der Waals surface area contributed by atoms with Gasteiger partial charge in [0.1, 0.15) is 22.4 Å². The highest BCUT2D eigenvalue weighted by Crippen LogP contribution is 2.28. The standard InChI is InChI=1S/C19H21ClN6O2S/c1-11-9-16(26-25-11)23-15-10-14(20)22-17(24-15)29-13-7-5-12(6-8-13)21-18(27)28-19(2,3)4/h5-10H,1-4H3,(H,21,27)(H2,22,23,24,25,26). The summed E-state index contributed by atoms with van der Waals surface area (Å²) in [4.78, 5) is 21.4. The van der Waals surface area contributed by atoms with Crippen molar-refractivity contribution in [2.24, 2.45) is 0 Å². The maximum atomic E-state index is 11.8. The average molecular weight is 433 g/mol. The Morgan fingerprint density at radius 3 is 2.52 bits per heavy atom. The number of amides is 1. The molecule has 0 unspecified atom stereocenters. The van der Waals surface area contributed by atoms with Gasteiger partial charge in [-0.05, 0) is 63.7 Å². The zero-order chi connectivity index (χ0) is 21.0. The van der Waals surface area contributed by atoms with Gasteiger partial charge >= 0.3 is 6.09 Å². The molecule has 29 heavy (non-hydrogen) atoms. The molecule has 3 rings (SSSR count). The molecule has 10 heteroatoms. The molecule has 0 bridgehead atoms. The highest BCUT2D eigenvalue weighted by molar-refractivity contribution is 7.99. The molecule has 0 aliphatic heterocycles. The molecule has 0 fully saturated rings. The minimum absolute atomic E-state index is 0.324. The van der Waals surface area contributed by atoms with Crippen LogP contribution in [0.1, 0.15) is 26.5 Å². The number of halogens is 1. The molecule has 3 N–H and O–H groups in total. The van der Waals surface area contributed by atoms with Gasteiger partial charge in [0.2, 0.25) is 0 Å². The van der Waals surface area contributed by atoms with Gasteiger partial charge in [0.25, 0.3) is 0 Å². The number of hydrogen-bond donors (Lipinski definition) is 3. The number of carbonyl (C=O) groups is 1. The molecule has 0 saturated carbocycles. The summed E-state index contributed by atoms with van der Waals surface area (Å²) < 4.78 is 5.24. The van der Waals surface area contributed by atoms with Crippen LogP contribution in [0.3, 0.4) is 0 Å². The topological polar surface area (TPSA) is 105 Å². The lowest BCUT2D eigenvalue weighted by atomic mass is 10.2. The molecule has 0 atom stereocenters. The van der Waals surface area contributed by atoms with Crippen LogP contribution in [0.2, 0.25) is 5.15 Å². The number of hydrogen-bond acceptors (Lipinski definition) is 7. The fourth-order valence-corrected chi connectivity index (χ4v) is 3.27. The fraction of sp³-hybridized carbons (Fsp3) is 0.263. The highest BCUT2D eigenvalue weighted by Gasteiger charge is 2.16. The van der Waals surface area contributed by atoms with Crippen molar-refractivity contribution >= 4 is 46.8 Å². The van der Waals surface area contributed by atoms with Crippen molar-refractivity contribution < 1.29 is 9.53 Å². The molecule has 3 aromatic rings. The number of aryl methyl sites for hydroxylation is 1. The second kappa shape index (κ2) is 8.71. The first-order chi connectivity index (χ1) is 13.7. The number of nitrogens with one attached hydrogen (secondary N) is 3. The van der Waals surface area contributed by atoms with Crippen molar-refractivity contribution in [3.8, 4) is 0 Å². The summed E-state index contributed by atoms with van der Waals surface area (Å²) in [5, 5.41) is 13.5. The van der Waals surface area contributed by atoms with Gasteiger partial charge in [-0.2, -0.15) is 5.10 Å². The van der Waals surface area contributed by atoms with E-state index in [-0.39, 0.29) is 0 Å². The lowest BCUT2D eigenvalue weighted by molar-refractivity contribution is 0.0636. The zero-order valence-corrected chi connectivity index (χ0v) is 18.0. The quantitative estimate of drug-likeness (QED) is 0.366. The number of anilines is 3. The number of rotatable bonds is 5. The predicted octanol–water partition coefficient (Wildman–Crippen LogP) is 5.40. The van der Waals surface area contributed by atoms with E-state index in [1.54, 1.807) is 18.2 Å². The molecule has 0 radical (unpaired) electrons. The Labute approximate surface area is 177 Å². The van der Waals surface area contributed by atoms with Gasteiger partial charge in [-0.3, -0.25) is 10.4 Å².